The Hall–Kier alpha value is -2.70. The molecule has 6 nitrogen and oxygen atoms in total. The van der Waals surface area contributed by atoms with Gasteiger partial charge >= 0.3 is 0 Å². The van der Waals surface area contributed by atoms with Crippen LogP contribution in [0.2, 0.25) is 0 Å². The number of nitrogens with one attached hydrogen (secondary N) is 1. The second kappa shape index (κ2) is 4.41. The van der Waals surface area contributed by atoms with E-state index in [2.05, 4.69) is 20.5 Å². The molecule has 23 heavy (non-hydrogen) atoms. The molecule has 1 aliphatic carbocycles. The van der Waals surface area contributed by atoms with Crippen molar-refractivity contribution in [1.29, 1.82) is 0 Å². The standard InChI is InChI=1S/C16H14FN5O/c1-8-5-18-16(22-7-20-21-15(8)22)19-6-10-11(17)2-3-12-14(10)9-4-13(9)23-12/h2-3,5,7,9,13H,4,6H2,1H3,(H,18,19)/t9-,13+/m1/s1. The average Bonchev–Trinajstić information content (AvgIpc) is 2.97. The molecule has 3 aromatic rings. The molecule has 1 N–H and O–H groups in total. The molecule has 116 valence electrons. The Labute approximate surface area is 131 Å². The number of benzene rings is 1. The van der Waals surface area contributed by atoms with Crippen LogP contribution >= 0.6 is 0 Å². The number of hydrogen-bond donors (Lipinski definition) is 1. The lowest BCUT2D eigenvalue weighted by Crippen LogP contribution is -2.09. The third-order valence-corrected chi connectivity index (χ3v) is 4.57. The molecule has 1 fully saturated rings. The van der Waals surface area contributed by atoms with Gasteiger partial charge in [-0.3, -0.25) is 4.40 Å². The molecule has 2 aromatic heterocycles. The van der Waals surface area contributed by atoms with Crippen LogP contribution in [-0.4, -0.2) is 25.7 Å². The zero-order valence-electron chi connectivity index (χ0n) is 12.5. The Morgan fingerprint density at radius 3 is 3.26 bits per heavy atom. The maximum atomic E-state index is 14.3. The van der Waals surface area contributed by atoms with Crippen molar-refractivity contribution < 1.29 is 9.13 Å². The number of aryl methyl sites for hydroxylation is 1. The van der Waals surface area contributed by atoms with Gasteiger partial charge in [0.1, 0.15) is 24.0 Å². The summed E-state index contributed by atoms with van der Waals surface area (Å²) in [6.07, 6.45) is 4.57. The monoisotopic (exact) mass is 311 g/mol. The molecule has 7 heteroatoms. The highest BCUT2D eigenvalue weighted by Crippen LogP contribution is 2.55. The summed E-state index contributed by atoms with van der Waals surface area (Å²) in [5.41, 5.74) is 3.35. The SMILES string of the molecule is Cc1cnc(NCc2c(F)ccc3c2[C@@H]2C[C@@H]2O3)n2cnnc12. The van der Waals surface area contributed by atoms with Gasteiger partial charge in [0.2, 0.25) is 5.95 Å². The molecule has 1 aliphatic heterocycles. The summed E-state index contributed by atoms with van der Waals surface area (Å²) in [5, 5.41) is 11.2. The fourth-order valence-electron chi connectivity index (χ4n) is 3.31. The van der Waals surface area contributed by atoms with Crippen LogP contribution in [0.4, 0.5) is 10.3 Å². The number of hydrogen-bond acceptors (Lipinski definition) is 5. The summed E-state index contributed by atoms with van der Waals surface area (Å²) in [5.74, 6) is 1.55. The van der Waals surface area contributed by atoms with Crippen molar-refractivity contribution in [2.24, 2.45) is 0 Å². The summed E-state index contributed by atoms with van der Waals surface area (Å²) >= 11 is 0. The van der Waals surface area contributed by atoms with Gasteiger partial charge in [0.05, 0.1) is 0 Å². The quantitative estimate of drug-likeness (QED) is 0.805. The number of ether oxygens (including phenoxy) is 1. The zero-order valence-corrected chi connectivity index (χ0v) is 12.5. The van der Waals surface area contributed by atoms with E-state index >= 15 is 0 Å². The Balaban J connectivity index is 1.50. The molecule has 0 amide bonds. The molecule has 5 rings (SSSR count). The first-order valence-corrected chi connectivity index (χ1v) is 7.59. The minimum absolute atomic E-state index is 0.209. The predicted octanol–water partition coefficient (Wildman–Crippen LogP) is 2.43. The highest BCUT2D eigenvalue weighted by atomic mass is 19.1. The molecular formula is C16H14FN5O. The number of fused-ring (bicyclic) bond motifs is 4. The van der Waals surface area contributed by atoms with Crippen LogP contribution in [0.15, 0.2) is 24.7 Å². The van der Waals surface area contributed by atoms with Crippen molar-refractivity contribution in [3.05, 3.63) is 47.2 Å². The summed E-state index contributed by atoms with van der Waals surface area (Å²) in [6.45, 7) is 2.28. The molecule has 0 unspecified atom stereocenters. The lowest BCUT2D eigenvalue weighted by atomic mass is 10.0. The maximum Gasteiger partial charge on any atom is 0.210 e. The molecule has 0 bridgehead atoms. The summed E-state index contributed by atoms with van der Waals surface area (Å²) in [4.78, 5) is 4.36. The first kappa shape index (κ1) is 12.8. The van der Waals surface area contributed by atoms with Gasteiger partial charge in [-0.2, -0.15) is 0 Å². The van der Waals surface area contributed by atoms with E-state index < -0.39 is 0 Å². The predicted molar refractivity (Wildman–Crippen MR) is 81.0 cm³/mol. The second-order valence-corrected chi connectivity index (χ2v) is 6.08. The van der Waals surface area contributed by atoms with Crippen LogP contribution in [-0.2, 0) is 6.54 Å². The van der Waals surface area contributed by atoms with Gasteiger partial charge in [0.25, 0.3) is 0 Å². The number of anilines is 1. The van der Waals surface area contributed by atoms with Crippen molar-refractivity contribution in [1.82, 2.24) is 19.6 Å². The Kier molecular flexibility index (Phi) is 2.45. The molecule has 1 saturated carbocycles. The minimum Gasteiger partial charge on any atom is -0.489 e. The third kappa shape index (κ3) is 1.82. The topological polar surface area (TPSA) is 64.3 Å². The highest BCUT2D eigenvalue weighted by molar-refractivity contribution is 5.53. The fourth-order valence-corrected chi connectivity index (χ4v) is 3.31. The van der Waals surface area contributed by atoms with E-state index in [1.165, 1.54) is 6.07 Å². The van der Waals surface area contributed by atoms with Crippen molar-refractivity contribution in [3.63, 3.8) is 0 Å². The lowest BCUT2D eigenvalue weighted by molar-refractivity contribution is 0.318. The summed E-state index contributed by atoms with van der Waals surface area (Å²) < 4.78 is 21.8. The number of halogens is 1. The summed E-state index contributed by atoms with van der Waals surface area (Å²) in [6, 6.07) is 3.19. The molecule has 2 aliphatic rings. The van der Waals surface area contributed by atoms with Crippen LogP contribution in [0.25, 0.3) is 5.65 Å². The minimum atomic E-state index is -0.209. The first-order chi connectivity index (χ1) is 11.2. The van der Waals surface area contributed by atoms with E-state index in [9.17, 15) is 4.39 Å². The Bertz CT molecular complexity index is 938. The first-order valence-electron chi connectivity index (χ1n) is 7.59. The smallest absolute Gasteiger partial charge is 0.210 e. The van der Waals surface area contributed by atoms with Gasteiger partial charge in [0.15, 0.2) is 5.65 Å². The van der Waals surface area contributed by atoms with Crippen LogP contribution < -0.4 is 10.1 Å². The average molecular weight is 311 g/mol. The molecule has 0 radical (unpaired) electrons. The van der Waals surface area contributed by atoms with Crippen LogP contribution in [0, 0.1) is 12.7 Å². The normalized spacial score (nSPS) is 21.0. The largest absolute Gasteiger partial charge is 0.489 e. The molecule has 0 spiro atoms. The molecule has 3 heterocycles. The van der Waals surface area contributed by atoms with E-state index in [0.717, 1.165) is 28.9 Å². The number of rotatable bonds is 3. The molecule has 1 aromatic carbocycles. The fraction of sp³-hybridized carbons (Fsp3) is 0.312. The summed E-state index contributed by atoms with van der Waals surface area (Å²) in [7, 11) is 0. The van der Waals surface area contributed by atoms with E-state index in [4.69, 9.17) is 4.74 Å². The van der Waals surface area contributed by atoms with Crippen molar-refractivity contribution in [3.8, 4) is 5.75 Å². The molecule has 2 atom stereocenters. The van der Waals surface area contributed by atoms with Crippen molar-refractivity contribution >= 4 is 11.6 Å². The van der Waals surface area contributed by atoms with E-state index in [1.54, 1.807) is 23.0 Å². The van der Waals surface area contributed by atoms with Crippen LogP contribution in [0.5, 0.6) is 5.75 Å². The van der Waals surface area contributed by atoms with Gasteiger partial charge < -0.3 is 10.1 Å². The molecular weight excluding hydrogens is 297 g/mol. The maximum absolute atomic E-state index is 14.3. The van der Waals surface area contributed by atoms with Crippen molar-refractivity contribution in [2.45, 2.75) is 31.9 Å². The second-order valence-electron chi connectivity index (χ2n) is 6.08. The Morgan fingerprint density at radius 1 is 1.43 bits per heavy atom. The lowest BCUT2D eigenvalue weighted by Gasteiger charge is -2.13. The van der Waals surface area contributed by atoms with E-state index in [-0.39, 0.29) is 11.9 Å². The third-order valence-electron chi connectivity index (χ3n) is 4.57. The van der Waals surface area contributed by atoms with Gasteiger partial charge in [-0.1, -0.05) is 0 Å². The van der Waals surface area contributed by atoms with Gasteiger partial charge in [0, 0.05) is 35.3 Å². The van der Waals surface area contributed by atoms with E-state index in [1.807, 2.05) is 6.92 Å². The molecule has 0 saturated heterocycles. The number of nitrogens with zero attached hydrogens (tertiary/aromatic N) is 4. The van der Waals surface area contributed by atoms with Crippen molar-refractivity contribution in [2.75, 3.05) is 5.32 Å². The van der Waals surface area contributed by atoms with Gasteiger partial charge in [-0.15, -0.1) is 10.2 Å². The Morgan fingerprint density at radius 2 is 2.35 bits per heavy atom. The zero-order chi connectivity index (χ0) is 15.6. The highest BCUT2D eigenvalue weighted by Gasteiger charge is 2.49. The van der Waals surface area contributed by atoms with E-state index in [0.29, 0.717) is 24.0 Å². The van der Waals surface area contributed by atoms with Gasteiger partial charge in [-0.25, -0.2) is 9.37 Å². The van der Waals surface area contributed by atoms with Crippen LogP contribution in [0.1, 0.15) is 29.0 Å². The van der Waals surface area contributed by atoms with Gasteiger partial charge in [-0.05, 0) is 25.5 Å². The van der Waals surface area contributed by atoms with Crippen LogP contribution in [0.3, 0.4) is 0 Å². The number of aromatic nitrogens is 4.